The third-order valence-corrected chi connectivity index (χ3v) is 5.42. The van der Waals surface area contributed by atoms with Crippen LogP contribution >= 0.6 is 0 Å². The van der Waals surface area contributed by atoms with Crippen molar-refractivity contribution < 1.29 is 9.53 Å². The van der Waals surface area contributed by atoms with Crippen molar-refractivity contribution in [2.45, 2.75) is 38.1 Å². The molecule has 0 aliphatic carbocycles. The molecule has 6 nitrogen and oxygen atoms in total. The summed E-state index contributed by atoms with van der Waals surface area (Å²) >= 11 is 0. The highest BCUT2D eigenvalue weighted by molar-refractivity contribution is 5.89. The predicted octanol–water partition coefficient (Wildman–Crippen LogP) is 2.77. The zero-order chi connectivity index (χ0) is 18.2. The number of likely N-dealkylation sites (tertiary alicyclic amines) is 1. The molecule has 0 bridgehead atoms. The van der Waals surface area contributed by atoms with Gasteiger partial charge in [-0.05, 0) is 69.6 Å². The number of nitrogens with zero attached hydrogens (tertiary/aromatic N) is 2. The number of amides is 2. The molecule has 0 spiro atoms. The fourth-order valence-corrected chi connectivity index (χ4v) is 3.85. The molecule has 2 saturated heterocycles. The zero-order valence-electron chi connectivity index (χ0n) is 15.9. The number of methoxy groups -OCH3 is 1. The van der Waals surface area contributed by atoms with E-state index in [2.05, 4.69) is 15.5 Å². The number of anilines is 1. The molecule has 2 aliphatic heterocycles. The lowest BCUT2D eigenvalue weighted by Crippen LogP contribution is -2.52. The molecule has 2 N–H and O–H groups in total. The Balaban J connectivity index is 1.61. The smallest absolute Gasteiger partial charge is 0.322 e. The van der Waals surface area contributed by atoms with Gasteiger partial charge in [0.15, 0.2) is 0 Å². The molecule has 2 heterocycles. The van der Waals surface area contributed by atoms with Crippen LogP contribution in [-0.2, 0) is 0 Å². The fourth-order valence-electron chi connectivity index (χ4n) is 3.85. The van der Waals surface area contributed by atoms with Gasteiger partial charge < -0.3 is 25.2 Å². The summed E-state index contributed by atoms with van der Waals surface area (Å²) < 4.78 is 5.19. The molecular weight excluding hydrogens is 328 g/mol. The lowest BCUT2D eigenvalue weighted by molar-refractivity contribution is 0.148. The number of hydrogen-bond donors (Lipinski definition) is 2. The van der Waals surface area contributed by atoms with Crippen LogP contribution in [0.15, 0.2) is 24.3 Å². The van der Waals surface area contributed by atoms with Gasteiger partial charge in [-0.3, -0.25) is 0 Å². The molecule has 26 heavy (non-hydrogen) atoms. The Bertz CT molecular complexity index is 551. The second kappa shape index (κ2) is 9.78. The van der Waals surface area contributed by atoms with E-state index in [4.69, 9.17) is 4.74 Å². The van der Waals surface area contributed by atoms with E-state index in [0.717, 1.165) is 63.5 Å². The summed E-state index contributed by atoms with van der Waals surface area (Å²) in [4.78, 5) is 17.5. The number of ether oxygens (including phenoxy) is 1. The normalized spacial score (nSPS) is 21.2. The van der Waals surface area contributed by atoms with Crippen molar-refractivity contribution in [1.29, 1.82) is 0 Å². The van der Waals surface area contributed by atoms with Crippen molar-refractivity contribution in [1.82, 2.24) is 15.1 Å². The minimum atomic E-state index is 0.000811. The molecule has 3 rings (SSSR count). The van der Waals surface area contributed by atoms with Crippen LogP contribution in [-0.4, -0.2) is 68.3 Å². The Hall–Kier alpha value is -1.79. The maximum Gasteiger partial charge on any atom is 0.322 e. The molecule has 2 aliphatic rings. The molecule has 0 radical (unpaired) electrons. The monoisotopic (exact) mass is 360 g/mol. The highest BCUT2D eigenvalue weighted by atomic mass is 16.5. The van der Waals surface area contributed by atoms with Crippen molar-refractivity contribution in [3.8, 4) is 5.75 Å². The Morgan fingerprint density at radius 1 is 1.23 bits per heavy atom. The zero-order valence-corrected chi connectivity index (χ0v) is 15.9. The molecule has 1 aromatic carbocycles. The van der Waals surface area contributed by atoms with Crippen molar-refractivity contribution >= 4 is 11.7 Å². The quantitative estimate of drug-likeness (QED) is 0.819. The first-order chi connectivity index (χ1) is 12.8. The van der Waals surface area contributed by atoms with Gasteiger partial charge in [-0.25, -0.2) is 4.79 Å². The lowest BCUT2D eigenvalue weighted by atomic mass is 10.1. The van der Waals surface area contributed by atoms with Gasteiger partial charge in [0.25, 0.3) is 0 Å². The fraction of sp³-hybridized carbons (Fsp3) is 0.650. The van der Waals surface area contributed by atoms with E-state index in [1.165, 1.54) is 19.3 Å². The van der Waals surface area contributed by atoms with Crippen LogP contribution in [0.4, 0.5) is 10.5 Å². The molecule has 0 saturated carbocycles. The highest BCUT2D eigenvalue weighted by Crippen LogP contribution is 2.18. The molecule has 6 heteroatoms. The largest absolute Gasteiger partial charge is 0.497 e. The van der Waals surface area contributed by atoms with Crippen molar-refractivity contribution in [3.05, 3.63) is 24.3 Å². The summed E-state index contributed by atoms with van der Waals surface area (Å²) in [6.45, 7) is 6.02. The van der Waals surface area contributed by atoms with E-state index in [1.807, 2.05) is 29.2 Å². The number of rotatable bonds is 6. The van der Waals surface area contributed by atoms with Gasteiger partial charge in [0.2, 0.25) is 0 Å². The molecule has 144 valence electrons. The van der Waals surface area contributed by atoms with Gasteiger partial charge in [-0.1, -0.05) is 6.42 Å². The molecule has 2 fully saturated rings. The van der Waals surface area contributed by atoms with Crippen LogP contribution < -0.4 is 15.4 Å². The first kappa shape index (κ1) is 19.0. The van der Waals surface area contributed by atoms with Gasteiger partial charge in [0.1, 0.15) is 5.75 Å². The standard InChI is InChI=1S/C20H32N4O2/c1-26-19-9-7-17(8-10-19)22-20(25)24(18-6-5-11-21-16-18)15-14-23-12-3-2-4-13-23/h7-10,18,21H,2-6,11-16H2,1H3,(H,22,25). The Labute approximate surface area is 156 Å². The van der Waals surface area contributed by atoms with Crippen molar-refractivity contribution in [2.24, 2.45) is 0 Å². The number of carbonyl (C=O) groups excluding carboxylic acids is 1. The van der Waals surface area contributed by atoms with Crippen LogP contribution in [0.25, 0.3) is 0 Å². The van der Waals surface area contributed by atoms with Gasteiger partial charge in [-0.15, -0.1) is 0 Å². The van der Waals surface area contributed by atoms with Crippen molar-refractivity contribution in [2.75, 3.05) is 51.7 Å². The minimum Gasteiger partial charge on any atom is -0.497 e. The van der Waals surface area contributed by atoms with Gasteiger partial charge in [0.05, 0.1) is 7.11 Å². The SMILES string of the molecule is COc1ccc(NC(=O)N(CCN2CCCCC2)C2CCCNC2)cc1. The van der Waals surface area contributed by atoms with E-state index in [-0.39, 0.29) is 12.1 Å². The van der Waals surface area contributed by atoms with E-state index in [1.54, 1.807) is 7.11 Å². The summed E-state index contributed by atoms with van der Waals surface area (Å²) in [5, 5.41) is 6.50. The van der Waals surface area contributed by atoms with Crippen molar-refractivity contribution in [3.63, 3.8) is 0 Å². The molecule has 1 aromatic rings. The number of carbonyl (C=O) groups is 1. The maximum atomic E-state index is 13.0. The van der Waals surface area contributed by atoms with Crippen LogP contribution in [0.5, 0.6) is 5.75 Å². The predicted molar refractivity (Wildman–Crippen MR) is 105 cm³/mol. The molecule has 1 unspecified atom stereocenters. The van der Waals surface area contributed by atoms with Crippen LogP contribution in [0, 0.1) is 0 Å². The highest BCUT2D eigenvalue weighted by Gasteiger charge is 2.26. The Morgan fingerprint density at radius 2 is 2.00 bits per heavy atom. The lowest BCUT2D eigenvalue weighted by Gasteiger charge is -2.36. The summed E-state index contributed by atoms with van der Waals surface area (Å²) in [6, 6.07) is 7.79. The molecule has 1 atom stereocenters. The third-order valence-electron chi connectivity index (χ3n) is 5.42. The summed E-state index contributed by atoms with van der Waals surface area (Å²) in [5.41, 5.74) is 0.808. The van der Waals surface area contributed by atoms with Crippen LogP contribution in [0.2, 0.25) is 0 Å². The van der Waals surface area contributed by atoms with E-state index >= 15 is 0 Å². The molecule has 2 amide bonds. The first-order valence-electron chi connectivity index (χ1n) is 9.91. The Morgan fingerprint density at radius 3 is 2.65 bits per heavy atom. The Kier molecular flexibility index (Phi) is 7.14. The summed E-state index contributed by atoms with van der Waals surface area (Å²) in [6.07, 6.45) is 6.10. The van der Waals surface area contributed by atoms with E-state index in [0.29, 0.717) is 0 Å². The first-order valence-corrected chi connectivity index (χ1v) is 9.91. The van der Waals surface area contributed by atoms with E-state index in [9.17, 15) is 4.79 Å². The van der Waals surface area contributed by atoms with E-state index < -0.39 is 0 Å². The second-order valence-corrected chi connectivity index (χ2v) is 7.25. The molecule has 0 aromatic heterocycles. The van der Waals surface area contributed by atoms with Crippen LogP contribution in [0.3, 0.4) is 0 Å². The maximum absolute atomic E-state index is 13.0. The third kappa shape index (κ3) is 5.35. The number of urea groups is 1. The average Bonchev–Trinajstić information content (AvgIpc) is 2.70. The van der Waals surface area contributed by atoms with Gasteiger partial charge in [-0.2, -0.15) is 0 Å². The number of benzene rings is 1. The summed E-state index contributed by atoms with van der Waals surface area (Å²) in [7, 11) is 1.64. The number of nitrogens with one attached hydrogen (secondary N) is 2. The number of hydrogen-bond acceptors (Lipinski definition) is 4. The van der Waals surface area contributed by atoms with Gasteiger partial charge >= 0.3 is 6.03 Å². The average molecular weight is 361 g/mol. The number of piperidine rings is 2. The minimum absolute atomic E-state index is 0.000811. The van der Waals surface area contributed by atoms with Crippen LogP contribution in [0.1, 0.15) is 32.1 Å². The summed E-state index contributed by atoms with van der Waals surface area (Å²) in [5.74, 6) is 0.793. The molecular formula is C20H32N4O2. The second-order valence-electron chi connectivity index (χ2n) is 7.25. The topological polar surface area (TPSA) is 56.8 Å². The van der Waals surface area contributed by atoms with Gasteiger partial charge in [0, 0.05) is 31.4 Å².